The molecule has 12 heavy (non-hydrogen) atoms. The lowest BCUT2D eigenvalue weighted by Crippen LogP contribution is -2.09. The van der Waals surface area contributed by atoms with Gasteiger partial charge in [-0.05, 0) is 12.5 Å². The van der Waals surface area contributed by atoms with Crippen LogP contribution in [0.25, 0.3) is 0 Å². The van der Waals surface area contributed by atoms with Crippen LogP contribution in [0.15, 0.2) is 24.3 Å². The van der Waals surface area contributed by atoms with Gasteiger partial charge < -0.3 is 0 Å². The van der Waals surface area contributed by atoms with Crippen molar-refractivity contribution in [2.75, 3.05) is 0 Å². The number of Topliss-reactive ketones (excluding diaryl/α,β-unsaturated/α-hetero) is 1. The van der Waals surface area contributed by atoms with E-state index >= 15 is 0 Å². The van der Waals surface area contributed by atoms with Crippen LogP contribution in [0.3, 0.4) is 0 Å². The SMILES string of the molecule is Cc1ccccc1C(=O)C(Cl)Cl. The van der Waals surface area contributed by atoms with Gasteiger partial charge >= 0.3 is 0 Å². The third kappa shape index (κ3) is 1.99. The smallest absolute Gasteiger partial charge is 0.195 e. The van der Waals surface area contributed by atoms with Gasteiger partial charge in [0.25, 0.3) is 0 Å². The molecule has 0 unspecified atom stereocenters. The van der Waals surface area contributed by atoms with Crippen LogP contribution in [0.1, 0.15) is 15.9 Å². The maximum atomic E-state index is 11.3. The predicted molar refractivity (Wildman–Crippen MR) is 51.0 cm³/mol. The number of carbonyl (C=O) groups excluding carboxylic acids is 1. The highest BCUT2D eigenvalue weighted by Crippen LogP contribution is 2.14. The van der Waals surface area contributed by atoms with Gasteiger partial charge in [0.05, 0.1) is 0 Å². The van der Waals surface area contributed by atoms with Crippen molar-refractivity contribution in [3.63, 3.8) is 0 Å². The van der Waals surface area contributed by atoms with Crippen molar-refractivity contribution in [3.05, 3.63) is 35.4 Å². The van der Waals surface area contributed by atoms with Crippen LogP contribution in [0, 0.1) is 6.92 Å². The molecule has 1 rings (SSSR count). The average molecular weight is 203 g/mol. The van der Waals surface area contributed by atoms with Crippen LogP contribution in [0.2, 0.25) is 0 Å². The Kier molecular flexibility index (Phi) is 3.12. The van der Waals surface area contributed by atoms with Gasteiger partial charge in [0, 0.05) is 5.56 Å². The third-order valence-electron chi connectivity index (χ3n) is 1.61. The zero-order chi connectivity index (χ0) is 9.14. The number of alkyl halides is 2. The lowest BCUT2D eigenvalue weighted by Gasteiger charge is -2.03. The highest BCUT2D eigenvalue weighted by Gasteiger charge is 2.15. The second-order valence-corrected chi connectivity index (χ2v) is 3.58. The highest BCUT2D eigenvalue weighted by atomic mass is 35.5. The summed E-state index contributed by atoms with van der Waals surface area (Å²) < 4.78 is 0. The fourth-order valence-electron chi connectivity index (χ4n) is 0.967. The summed E-state index contributed by atoms with van der Waals surface area (Å²) in [5.41, 5.74) is 1.49. The first-order valence-electron chi connectivity index (χ1n) is 3.51. The van der Waals surface area contributed by atoms with E-state index in [9.17, 15) is 4.79 Å². The van der Waals surface area contributed by atoms with Crippen LogP contribution >= 0.6 is 23.2 Å². The Morgan fingerprint density at radius 3 is 2.42 bits per heavy atom. The monoisotopic (exact) mass is 202 g/mol. The molecule has 0 saturated heterocycles. The molecular weight excluding hydrogens is 195 g/mol. The zero-order valence-electron chi connectivity index (χ0n) is 6.55. The van der Waals surface area contributed by atoms with E-state index in [0.717, 1.165) is 5.56 Å². The van der Waals surface area contributed by atoms with Gasteiger partial charge in [0.2, 0.25) is 0 Å². The van der Waals surface area contributed by atoms with Gasteiger partial charge in [0.1, 0.15) is 0 Å². The maximum Gasteiger partial charge on any atom is 0.195 e. The molecule has 0 heterocycles. The summed E-state index contributed by atoms with van der Waals surface area (Å²) >= 11 is 10.9. The van der Waals surface area contributed by atoms with Gasteiger partial charge in [-0.1, -0.05) is 47.5 Å². The van der Waals surface area contributed by atoms with Gasteiger partial charge in [-0.2, -0.15) is 0 Å². The first-order valence-corrected chi connectivity index (χ1v) is 4.38. The van der Waals surface area contributed by atoms with Crippen molar-refractivity contribution in [2.45, 2.75) is 11.8 Å². The molecule has 1 aromatic rings. The summed E-state index contributed by atoms with van der Waals surface area (Å²) in [5.74, 6) is -0.239. The largest absolute Gasteiger partial charge is 0.291 e. The topological polar surface area (TPSA) is 17.1 Å². The molecule has 0 N–H and O–H groups in total. The molecule has 0 amide bonds. The Bertz CT molecular complexity index is 294. The normalized spacial score (nSPS) is 10.3. The van der Waals surface area contributed by atoms with Crippen LogP contribution in [0.5, 0.6) is 0 Å². The van der Waals surface area contributed by atoms with Crippen LogP contribution in [0.4, 0.5) is 0 Å². The molecule has 0 saturated carbocycles. The van der Waals surface area contributed by atoms with E-state index in [2.05, 4.69) is 0 Å². The molecule has 0 fully saturated rings. The first-order chi connectivity index (χ1) is 5.63. The van der Waals surface area contributed by atoms with Crippen LogP contribution < -0.4 is 0 Å². The van der Waals surface area contributed by atoms with E-state index in [-0.39, 0.29) is 5.78 Å². The van der Waals surface area contributed by atoms with Gasteiger partial charge in [-0.15, -0.1) is 0 Å². The molecule has 0 bridgehead atoms. The number of carbonyl (C=O) groups is 1. The summed E-state index contributed by atoms with van der Waals surface area (Å²) in [5, 5.41) is 0. The van der Waals surface area contributed by atoms with Crippen molar-refractivity contribution in [1.82, 2.24) is 0 Å². The molecule has 1 nitrogen and oxygen atoms in total. The minimum Gasteiger partial charge on any atom is -0.291 e. The zero-order valence-corrected chi connectivity index (χ0v) is 8.06. The first kappa shape index (κ1) is 9.56. The van der Waals surface area contributed by atoms with Gasteiger partial charge in [0.15, 0.2) is 10.6 Å². The molecule has 0 aliphatic rings. The molecule has 0 radical (unpaired) electrons. The van der Waals surface area contributed by atoms with Crippen molar-refractivity contribution in [2.24, 2.45) is 0 Å². The lowest BCUT2D eigenvalue weighted by atomic mass is 10.1. The van der Waals surface area contributed by atoms with E-state index in [4.69, 9.17) is 23.2 Å². The van der Waals surface area contributed by atoms with E-state index < -0.39 is 4.84 Å². The minimum atomic E-state index is -0.967. The number of benzene rings is 1. The Labute approximate surface area is 81.3 Å². The lowest BCUT2D eigenvalue weighted by molar-refractivity contribution is 0.101. The van der Waals surface area contributed by atoms with Crippen molar-refractivity contribution < 1.29 is 4.79 Å². The molecule has 0 atom stereocenters. The molecule has 3 heteroatoms. The van der Waals surface area contributed by atoms with Crippen LogP contribution in [-0.4, -0.2) is 10.6 Å². The minimum absolute atomic E-state index is 0.239. The number of ketones is 1. The van der Waals surface area contributed by atoms with Gasteiger partial charge in [-0.3, -0.25) is 4.79 Å². The Morgan fingerprint density at radius 1 is 1.33 bits per heavy atom. The molecule has 0 aromatic heterocycles. The van der Waals surface area contributed by atoms with E-state index in [1.54, 1.807) is 12.1 Å². The standard InChI is InChI=1S/C9H8Cl2O/c1-6-4-2-3-5-7(6)8(12)9(10)11/h2-5,9H,1H3. The highest BCUT2D eigenvalue weighted by molar-refractivity contribution is 6.55. The van der Waals surface area contributed by atoms with Crippen molar-refractivity contribution in [1.29, 1.82) is 0 Å². The fourth-order valence-corrected chi connectivity index (χ4v) is 1.20. The number of hydrogen-bond donors (Lipinski definition) is 0. The third-order valence-corrected chi connectivity index (χ3v) is 2.01. The molecule has 64 valence electrons. The predicted octanol–water partition coefficient (Wildman–Crippen LogP) is 2.98. The summed E-state index contributed by atoms with van der Waals surface area (Å²) in [6.07, 6.45) is 0. The average Bonchev–Trinajstić information content (AvgIpc) is 2.04. The van der Waals surface area contributed by atoms with Gasteiger partial charge in [-0.25, -0.2) is 0 Å². The maximum absolute atomic E-state index is 11.3. The second kappa shape index (κ2) is 3.92. The molecule has 0 aliphatic heterocycles. The number of rotatable bonds is 2. The molecule has 0 aliphatic carbocycles. The second-order valence-electron chi connectivity index (χ2n) is 2.48. The number of aryl methyl sites for hydroxylation is 1. The van der Waals surface area contributed by atoms with E-state index in [1.165, 1.54) is 0 Å². The van der Waals surface area contributed by atoms with Crippen molar-refractivity contribution >= 4 is 29.0 Å². The molecule has 1 aromatic carbocycles. The summed E-state index contributed by atoms with van der Waals surface area (Å²) in [6, 6.07) is 7.22. The van der Waals surface area contributed by atoms with E-state index in [0.29, 0.717) is 5.56 Å². The number of hydrogen-bond acceptors (Lipinski definition) is 1. The summed E-state index contributed by atoms with van der Waals surface area (Å²) in [4.78, 5) is 10.3. The summed E-state index contributed by atoms with van der Waals surface area (Å²) in [6.45, 7) is 1.85. The molecular formula is C9H8Cl2O. The Balaban J connectivity index is 3.03. The van der Waals surface area contributed by atoms with Crippen LogP contribution in [-0.2, 0) is 0 Å². The van der Waals surface area contributed by atoms with Crippen molar-refractivity contribution in [3.8, 4) is 0 Å². The Hall–Kier alpha value is -0.530. The van der Waals surface area contributed by atoms with E-state index in [1.807, 2.05) is 19.1 Å². The fraction of sp³-hybridized carbons (Fsp3) is 0.222. The Morgan fingerprint density at radius 2 is 1.92 bits per heavy atom. The number of halogens is 2. The summed E-state index contributed by atoms with van der Waals surface area (Å²) in [7, 11) is 0. The quantitative estimate of drug-likeness (QED) is 0.533. The molecule has 0 spiro atoms.